The number of rotatable bonds is 3. The summed E-state index contributed by atoms with van der Waals surface area (Å²) in [6.45, 7) is 0. The number of aromatic amines is 1. The first-order valence-electron chi connectivity index (χ1n) is 4.78. The van der Waals surface area contributed by atoms with Gasteiger partial charge in [-0.3, -0.25) is 15.1 Å². The maximum absolute atomic E-state index is 11.0. The molecule has 1 aromatic carbocycles. The summed E-state index contributed by atoms with van der Waals surface area (Å²) in [5.74, 6) is -1.72. The van der Waals surface area contributed by atoms with Gasteiger partial charge in [0.05, 0.1) is 12.0 Å². The average molecular weight is 252 g/mol. The molecule has 0 aliphatic heterocycles. The van der Waals surface area contributed by atoms with Gasteiger partial charge < -0.3 is 14.3 Å². The fourth-order valence-electron chi connectivity index (χ4n) is 1.56. The predicted octanol–water partition coefficient (Wildman–Crippen LogP) is 1.26. The highest BCUT2D eigenvalue weighted by atomic mass is 16.6. The van der Waals surface area contributed by atoms with Crippen molar-refractivity contribution < 1.29 is 19.2 Å². The van der Waals surface area contributed by atoms with Gasteiger partial charge in [-0.25, -0.2) is 4.79 Å². The third kappa shape index (κ3) is 1.79. The minimum Gasteiger partial charge on any atom is -0.496 e. The van der Waals surface area contributed by atoms with Gasteiger partial charge in [0.2, 0.25) is 11.6 Å². The minimum atomic E-state index is -0.914. The number of aromatic hydroxyl groups is 1. The van der Waals surface area contributed by atoms with Crippen LogP contribution in [0.15, 0.2) is 27.4 Å². The second-order valence-electron chi connectivity index (χ2n) is 3.30. The highest BCUT2D eigenvalue weighted by molar-refractivity contribution is 5.78. The smallest absolute Gasteiger partial charge is 0.419 e. The number of nitrogens with one attached hydrogen (secondary N) is 1. The van der Waals surface area contributed by atoms with E-state index in [9.17, 15) is 20.0 Å². The summed E-state index contributed by atoms with van der Waals surface area (Å²) >= 11 is 0. The summed E-state index contributed by atoms with van der Waals surface area (Å²) in [5.41, 5.74) is -0.437. The molecule has 2 aromatic rings. The molecule has 8 heteroatoms. The zero-order valence-corrected chi connectivity index (χ0v) is 9.17. The summed E-state index contributed by atoms with van der Waals surface area (Å²) in [6, 6.07) is 4.08. The summed E-state index contributed by atoms with van der Waals surface area (Å²) in [4.78, 5) is 23.2. The predicted molar refractivity (Wildman–Crippen MR) is 59.6 cm³/mol. The molecule has 0 amide bonds. The van der Waals surface area contributed by atoms with E-state index >= 15 is 0 Å². The van der Waals surface area contributed by atoms with Crippen LogP contribution in [-0.4, -0.2) is 22.1 Å². The molecular weight excluding hydrogens is 244 g/mol. The first-order valence-corrected chi connectivity index (χ1v) is 4.78. The summed E-state index contributed by atoms with van der Waals surface area (Å²) in [5, 5.41) is 20.4. The second-order valence-corrected chi connectivity index (χ2v) is 3.30. The van der Waals surface area contributed by atoms with Crippen LogP contribution in [0.5, 0.6) is 11.6 Å². The van der Waals surface area contributed by atoms with Crippen LogP contribution in [0, 0.1) is 10.1 Å². The molecule has 0 radical (unpaired) electrons. The lowest BCUT2D eigenvalue weighted by molar-refractivity contribution is -0.384. The van der Waals surface area contributed by atoms with E-state index in [-0.39, 0.29) is 22.8 Å². The Balaban J connectivity index is 2.79. The van der Waals surface area contributed by atoms with Crippen molar-refractivity contribution >= 4 is 5.69 Å². The lowest BCUT2D eigenvalue weighted by atomic mass is 10.1. The normalized spacial score (nSPS) is 10.3. The van der Waals surface area contributed by atoms with Crippen LogP contribution in [0.25, 0.3) is 11.3 Å². The van der Waals surface area contributed by atoms with E-state index in [0.29, 0.717) is 0 Å². The quantitative estimate of drug-likeness (QED) is 0.626. The van der Waals surface area contributed by atoms with Gasteiger partial charge in [-0.2, -0.15) is 0 Å². The maximum atomic E-state index is 11.0. The molecule has 1 aromatic heterocycles. The van der Waals surface area contributed by atoms with Gasteiger partial charge in [0.15, 0.2) is 0 Å². The molecule has 0 spiro atoms. The van der Waals surface area contributed by atoms with Gasteiger partial charge in [-0.15, -0.1) is 0 Å². The number of nitro groups is 1. The molecule has 2 N–H and O–H groups in total. The zero-order valence-electron chi connectivity index (χ0n) is 9.17. The molecule has 1 heterocycles. The SMILES string of the molecule is COc1cccc([N+](=O)[O-])c1-c1oc(=O)[nH]c1O. The topological polar surface area (TPSA) is 119 Å². The second kappa shape index (κ2) is 4.24. The fraction of sp³-hybridized carbons (Fsp3) is 0.100. The molecule has 18 heavy (non-hydrogen) atoms. The minimum absolute atomic E-state index is 0.0964. The van der Waals surface area contributed by atoms with Crippen LogP contribution in [0.2, 0.25) is 0 Å². The van der Waals surface area contributed by atoms with E-state index in [2.05, 4.69) is 4.42 Å². The van der Waals surface area contributed by atoms with Crippen molar-refractivity contribution in [1.82, 2.24) is 4.98 Å². The van der Waals surface area contributed by atoms with Gasteiger partial charge in [-0.05, 0) is 6.07 Å². The first-order chi connectivity index (χ1) is 8.54. The number of benzene rings is 1. The molecule has 0 saturated carbocycles. The van der Waals surface area contributed by atoms with Crippen molar-refractivity contribution in [3.63, 3.8) is 0 Å². The van der Waals surface area contributed by atoms with Crippen LogP contribution in [0.4, 0.5) is 5.69 Å². The molecule has 0 aliphatic carbocycles. The Bertz CT molecular complexity index is 657. The summed E-state index contributed by atoms with van der Waals surface area (Å²) in [7, 11) is 1.31. The number of H-pyrrole nitrogens is 1. The van der Waals surface area contributed by atoms with Crippen molar-refractivity contribution in [3.05, 3.63) is 38.9 Å². The van der Waals surface area contributed by atoms with Crippen LogP contribution < -0.4 is 10.5 Å². The van der Waals surface area contributed by atoms with Gasteiger partial charge in [-0.1, -0.05) is 6.07 Å². The lowest BCUT2D eigenvalue weighted by Crippen LogP contribution is -1.95. The van der Waals surface area contributed by atoms with Gasteiger partial charge >= 0.3 is 5.76 Å². The van der Waals surface area contributed by atoms with Crippen molar-refractivity contribution in [1.29, 1.82) is 0 Å². The molecule has 8 nitrogen and oxygen atoms in total. The molecule has 2 rings (SSSR count). The van der Waals surface area contributed by atoms with Crippen LogP contribution >= 0.6 is 0 Å². The number of methoxy groups -OCH3 is 1. The number of aromatic nitrogens is 1. The van der Waals surface area contributed by atoms with E-state index in [4.69, 9.17) is 4.74 Å². The number of ether oxygens (including phenoxy) is 1. The van der Waals surface area contributed by atoms with Crippen molar-refractivity contribution in [2.45, 2.75) is 0 Å². The summed E-state index contributed by atoms with van der Waals surface area (Å²) in [6.07, 6.45) is 0. The highest BCUT2D eigenvalue weighted by Crippen LogP contribution is 2.40. The average Bonchev–Trinajstić information content (AvgIpc) is 2.67. The van der Waals surface area contributed by atoms with Crippen molar-refractivity contribution in [2.75, 3.05) is 7.11 Å². The Kier molecular flexibility index (Phi) is 2.76. The van der Waals surface area contributed by atoms with Gasteiger partial charge in [0, 0.05) is 6.07 Å². The third-order valence-corrected chi connectivity index (χ3v) is 2.28. The van der Waals surface area contributed by atoms with E-state index < -0.39 is 16.6 Å². The Hall–Kier alpha value is -2.77. The number of nitro benzene ring substituents is 1. The highest BCUT2D eigenvalue weighted by Gasteiger charge is 2.26. The molecule has 0 unspecified atom stereocenters. The Morgan fingerprint density at radius 3 is 2.72 bits per heavy atom. The first kappa shape index (κ1) is 11.7. The van der Waals surface area contributed by atoms with E-state index in [1.165, 1.54) is 25.3 Å². The monoisotopic (exact) mass is 252 g/mol. The molecule has 0 atom stereocenters. The van der Waals surface area contributed by atoms with Gasteiger partial charge in [0.1, 0.15) is 11.3 Å². The van der Waals surface area contributed by atoms with E-state index in [0.717, 1.165) is 0 Å². The van der Waals surface area contributed by atoms with Gasteiger partial charge in [0.25, 0.3) is 5.69 Å². The standard InChI is InChI=1S/C10H8N2O6/c1-17-6-4-2-3-5(12(15)16)7(6)8-9(13)11-10(14)18-8/h2-4,13H,1H3,(H,11,14). The Morgan fingerprint density at radius 2 is 2.22 bits per heavy atom. The summed E-state index contributed by atoms with van der Waals surface area (Å²) < 4.78 is 9.65. The van der Waals surface area contributed by atoms with Crippen molar-refractivity contribution in [3.8, 4) is 23.0 Å². The largest absolute Gasteiger partial charge is 0.496 e. The third-order valence-electron chi connectivity index (χ3n) is 2.28. The fourth-order valence-corrected chi connectivity index (χ4v) is 1.56. The maximum Gasteiger partial charge on any atom is 0.419 e. The van der Waals surface area contributed by atoms with E-state index in [1.54, 1.807) is 0 Å². The molecule has 0 aliphatic rings. The molecule has 0 bridgehead atoms. The van der Waals surface area contributed by atoms with E-state index in [1.807, 2.05) is 4.98 Å². The molecule has 0 saturated heterocycles. The van der Waals surface area contributed by atoms with Crippen LogP contribution in [-0.2, 0) is 0 Å². The molecular formula is C10H8N2O6. The number of nitrogens with zero attached hydrogens (tertiary/aromatic N) is 1. The Labute approximate surface area is 99.6 Å². The van der Waals surface area contributed by atoms with Crippen LogP contribution in [0.3, 0.4) is 0 Å². The Morgan fingerprint density at radius 1 is 1.50 bits per heavy atom. The van der Waals surface area contributed by atoms with Crippen molar-refractivity contribution in [2.24, 2.45) is 0 Å². The molecule has 0 fully saturated rings. The zero-order chi connectivity index (χ0) is 13.3. The number of hydrogen-bond donors (Lipinski definition) is 2. The molecule has 94 valence electrons. The lowest BCUT2D eigenvalue weighted by Gasteiger charge is -2.06. The number of oxazole rings is 1. The van der Waals surface area contributed by atoms with Crippen LogP contribution in [0.1, 0.15) is 0 Å². The number of hydrogen-bond acceptors (Lipinski definition) is 6.